The lowest BCUT2D eigenvalue weighted by molar-refractivity contribution is 0.590. The van der Waals surface area contributed by atoms with E-state index >= 15 is 0 Å². The number of benzene rings is 10. The van der Waals surface area contributed by atoms with Gasteiger partial charge >= 0.3 is 0 Å². The predicted molar refractivity (Wildman–Crippen MR) is 300 cm³/mol. The zero-order valence-corrected chi connectivity index (χ0v) is 41.7. The Kier molecular flexibility index (Phi) is 9.36. The summed E-state index contributed by atoms with van der Waals surface area (Å²) in [5.74, 6) is 0. The Morgan fingerprint density at radius 2 is 0.845 bits per heavy atom. The van der Waals surface area contributed by atoms with Gasteiger partial charge in [-0.25, -0.2) is 0 Å². The van der Waals surface area contributed by atoms with Crippen LogP contribution in [0.3, 0.4) is 0 Å². The van der Waals surface area contributed by atoms with Crippen LogP contribution in [0.1, 0.15) is 77.6 Å². The molecule has 0 aliphatic heterocycles. The van der Waals surface area contributed by atoms with Crippen LogP contribution >= 0.6 is 0 Å². The Balaban J connectivity index is 0.999. The number of rotatable bonds is 6. The van der Waals surface area contributed by atoms with Gasteiger partial charge in [0.2, 0.25) is 0 Å². The van der Waals surface area contributed by atoms with E-state index in [0.717, 1.165) is 78.0 Å². The minimum atomic E-state index is -0.330. The molecule has 346 valence electrons. The molecule has 2 heterocycles. The Labute approximate surface area is 415 Å². The van der Waals surface area contributed by atoms with E-state index in [1.54, 1.807) is 0 Å². The summed E-state index contributed by atoms with van der Waals surface area (Å²) in [7, 11) is 0. The van der Waals surface area contributed by atoms with E-state index in [-0.39, 0.29) is 16.2 Å². The molecule has 13 rings (SSSR count). The highest BCUT2D eigenvalue weighted by molar-refractivity contribution is 6.15. The van der Waals surface area contributed by atoms with Crippen LogP contribution in [0.5, 0.6) is 0 Å². The lowest BCUT2D eigenvalue weighted by atomic mass is 9.81. The summed E-state index contributed by atoms with van der Waals surface area (Å²) < 4.78 is 13.5. The molecular formula is C67H56N2O2. The normalized spacial score (nSPS) is 13.5. The van der Waals surface area contributed by atoms with Crippen LogP contribution < -0.4 is 9.80 Å². The standard InChI is InChI=1S/C67H56N2O2/c1-65(2,3)43-28-33-45(34-29-43)68(57-23-15-21-52-49-18-11-13-25-60(49)70-63(52)57)47-32-27-41-38-54-55(39-42(41)37-47)67(7,8)56-40-59(48-17-9-10-20-51(48)62(54)56)69(46-35-30-44(31-36-46)66(4,5)6)58-24-16-22-53-50-19-12-14-26-61(50)71-64(53)58/h9-40H,1-8H3. The van der Waals surface area contributed by atoms with Crippen molar-refractivity contribution in [3.63, 3.8) is 0 Å². The lowest BCUT2D eigenvalue weighted by Gasteiger charge is -2.30. The van der Waals surface area contributed by atoms with Crippen molar-refractivity contribution in [3.05, 3.63) is 216 Å². The maximum atomic E-state index is 6.81. The fraction of sp³-hybridized carbons (Fsp3) is 0.164. The van der Waals surface area contributed by atoms with E-state index in [2.05, 4.69) is 253 Å². The van der Waals surface area contributed by atoms with Gasteiger partial charge in [-0.3, -0.25) is 0 Å². The van der Waals surface area contributed by atoms with Crippen LogP contribution in [0.25, 0.3) is 76.5 Å². The van der Waals surface area contributed by atoms with Gasteiger partial charge in [0, 0.05) is 49.4 Å². The third-order valence-electron chi connectivity index (χ3n) is 15.3. The van der Waals surface area contributed by atoms with Gasteiger partial charge in [-0.2, -0.15) is 0 Å². The number of fused-ring (bicyclic) bond motifs is 12. The highest BCUT2D eigenvalue weighted by Crippen LogP contribution is 2.56. The van der Waals surface area contributed by atoms with Crippen LogP contribution in [0.4, 0.5) is 34.1 Å². The van der Waals surface area contributed by atoms with Crippen LogP contribution in [0.2, 0.25) is 0 Å². The summed E-state index contributed by atoms with van der Waals surface area (Å²) in [4.78, 5) is 4.81. The van der Waals surface area contributed by atoms with Gasteiger partial charge in [0.15, 0.2) is 11.2 Å². The summed E-state index contributed by atoms with van der Waals surface area (Å²) in [5.41, 5.74) is 17.4. The molecule has 0 bridgehead atoms. The molecule has 71 heavy (non-hydrogen) atoms. The molecule has 1 aliphatic rings. The highest BCUT2D eigenvalue weighted by atomic mass is 16.3. The second-order valence-corrected chi connectivity index (χ2v) is 22.2. The summed E-state index contributed by atoms with van der Waals surface area (Å²) in [5, 5.41) is 9.26. The minimum absolute atomic E-state index is 0.0149. The molecular weight excluding hydrogens is 865 g/mol. The molecule has 0 fully saturated rings. The zero-order valence-electron chi connectivity index (χ0n) is 41.7. The predicted octanol–water partition coefficient (Wildman–Crippen LogP) is 19.6. The molecule has 4 heteroatoms. The third kappa shape index (κ3) is 6.72. The van der Waals surface area contributed by atoms with Crippen molar-refractivity contribution in [1.82, 2.24) is 0 Å². The van der Waals surface area contributed by atoms with Gasteiger partial charge in [0.05, 0.1) is 17.1 Å². The Morgan fingerprint density at radius 1 is 0.366 bits per heavy atom. The van der Waals surface area contributed by atoms with E-state index in [1.165, 1.54) is 54.9 Å². The number of nitrogens with zero attached hydrogens (tertiary/aromatic N) is 2. The van der Waals surface area contributed by atoms with Crippen LogP contribution in [-0.4, -0.2) is 0 Å². The van der Waals surface area contributed by atoms with Crippen LogP contribution in [0, 0.1) is 0 Å². The molecule has 4 nitrogen and oxygen atoms in total. The van der Waals surface area contributed by atoms with E-state index in [0.29, 0.717) is 0 Å². The first kappa shape index (κ1) is 43.0. The van der Waals surface area contributed by atoms with Crippen molar-refractivity contribution in [2.75, 3.05) is 9.80 Å². The molecule has 0 atom stereocenters. The van der Waals surface area contributed by atoms with Crippen LogP contribution in [0.15, 0.2) is 203 Å². The van der Waals surface area contributed by atoms with Crippen LogP contribution in [-0.2, 0) is 16.2 Å². The van der Waals surface area contributed by atoms with E-state index in [4.69, 9.17) is 8.83 Å². The molecule has 0 saturated carbocycles. The average Bonchev–Trinajstić information content (AvgIpc) is 4.02. The maximum Gasteiger partial charge on any atom is 0.159 e. The fourth-order valence-corrected chi connectivity index (χ4v) is 11.5. The molecule has 10 aromatic carbocycles. The zero-order chi connectivity index (χ0) is 48.6. The molecule has 0 spiro atoms. The van der Waals surface area contributed by atoms with Gasteiger partial charge in [-0.05, 0) is 139 Å². The first-order valence-electron chi connectivity index (χ1n) is 25.0. The summed E-state index contributed by atoms with van der Waals surface area (Å²) >= 11 is 0. The SMILES string of the molecule is CC(C)(C)c1ccc(N(c2ccc3cc4c(cc3c2)C(C)(C)c2cc(N(c3ccc(C(C)(C)C)cc3)c3cccc5c3oc3ccccc35)c3ccccc3c2-4)c2cccc3c2oc2ccccc23)cc1. The molecule has 0 N–H and O–H groups in total. The van der Waals surface area contributed by atoms with Gasteiger partial charge in [-0.1, -0.05) is 171 Å². The van der Waals surface area contributed by atoms with Gasteiger partial charge < -0.3 is 18.6 Å². The number of hydrogen-bond acceptors (Lipinski definition) is 4. The highest BCUT2D eigenvalue weighted by Gasteiger charge is 2.39. The Morgan fingerprint density at radius 3 is 1.41 bits per heavy atom. The average molecular weight is 921 g/mol. The minimum Gasteiger partial charge on any atom is -0.454 e. The Hall–Kier alpha value is -8.08. The summed E-state index contributed by atoms with van der Waals surface area (Å²) in [6.45, 7) is 18.4. The number of para-hydroxylation sites is 4. The maximum absolute atomic E-state index is 6.81. The number of hydrogen-bond donors (Lipinski definition) is 0. The van der Waals surface area contributed by atoms with Gasteiger partial charge in [0.1, 0.15) is 11.2 Å². The topological polar surface area (TPSA) is 32.8 Å². The molecule has 1 aliphatic carbocycles. The number of anilines is 6. The molecule has 0 saturated heterocycles. The fourth-order valence-electron chi connectivity index (χ4n) is 11.5. The molecule has 12 aromatic rings. The first-order valence-corrected chi connectivity index (χ1v) is 25.0. The molecule has 2 aromatic heterocycles. The van der Waals surface area contributed by atoms with Crippen molar-refractivity contribution in [1.29, 1.82) is 0 Å². The van der Waals surface area contributed by atoms with E-state index in [9.17, 15) is 0 Å². The number of furan rings is 2. The van der Waals surface area contributed by atoms with Crippen molar-refractivity contribution in [2.45, 2.75) is 71.6 Å². The first-order chi connectivity index (χ1) is 34.2. The van der Waals surface area contributed by atoms with Gasteiger partial charge in [0.25, 0.3) is 0 Å². The summed E-state index contributed by atoms with van der Waals surface area (Å²) in [6.07, 6.45) is 0. The van der Waals surface area contributed by atoms with Crippen molar-refractivity contribution in [3.8, 4) is 11.1 Å². The van der Waals surface area contributed by atoms with Gasteiger partial charge in [-0.15, -0.1) is 0 Å². The van der Waals surface area contributed by atoms with Crippen molar-refractivity contribution < 1.29 is 8.83 Å². The monoisotopic (exact) mass is 920 g/mol. The van der Waals surface area contributed by atoms with Crippen molar-refractivity contribution >= 4 is 99.5 Å². The third-order valence-corrected chi connectivity index (χ3v) is 15.3. The Bertz CT molecular complexity index is 4100. The van der Waals surface area contributed by atoms with Crippen molar-refractivity contribution in [2.24, 2.45) is 0 Å². The smallest absolute Gasteiger partial charge is 0.159 e. The second-order valence-electron chi connectivity index (χ2n) is 22.2. The molecule has 0 radical (unpaired) electrons. The second kappa shape index (κ2) is 15.5. The van der Waals surface area contributed by atoms with E-state index in [1.807, 2.05) is 6.07 Å². The quantitative estimate of drug-likeness (QED) is 0.166. The summed E-state index contributed by atoms with van der Waals surface area (Å²) in [6, 6.07) is 71.3. The van der Waals surface area contributed by atoms with E-state index < -0.39 is 0 Å². The lowest BCUT2D eigenvalue weighted by Crippen LogP contribution is -2.17. The molecule has 0 amide bonds. The molecule has 0 unspecified atom stereocenters. The largest absolute Gasteiger partial charge is 0.454 e.